The number of fused-ring (bicyclic) bond motifs is 5. The van der Waals surface area contributed by atoms with E-state index in [-0.39, 0.29) is 22.0 Å². The summed E-state index contributed by atoms with van der Waals surface area (Å²) in [6.45, 7) is 0. The van der Waals surface area contributed by atoms with Gasteiger partial charge in [-0.2, -0.15) is 0 Å². The fourth-order valence-corrected chi connectivity index (χ4v) is 8.85. The standard InChI is InChI=1S/C62H42N2O/c65-62-55(22-12-23-56(62)48-28-27-42-13-1-2-15-47(42)41-48)46-33-39-51(40-34-46)63(49-35-29-44(30-36-49)53-21-11-16-43-14-3-4-17-52(43)53)50-37-31-45(32-38-50)54-18-5-8-24-59(54)64-60-25-9-6-19-57(60)58-20-7-10-26-61(58)64/h1-41,65H/i1D,2D,12D,13D,15D,22D,23D,27D,28D,33D,34D,39D,40D. The second-order valence-electron chi connectivity index (χ2n) is 15.6. The van der Waals surface area contributed by atoms with Gasteiger partial charge in [-0.1, -0.05) is 188 Å². The predicted molar refractivity (Wildman–Crippen MR) is 274 cm³/mol. The van der Waals surface area contributed by atoms with Gasteiger partial charge in [0.25, 0.3) is 0 Å². The minimum absolute atomic E-state index is 0.171. The number of hydrogen-bond donors (Lipinski definition) is 1. The average Bonchev–Trinajstić information content (AvgIpc) is 3.80. The van der Waals surface area contributed by atoms with E-state index in [1.165, 1.54) is 0 Å². The lowest BCUT2D eigenvalue weighted by atomic mass is 9.95. The van der Waals surface area contributed by atoms with Crippen molar-refractivity contribution in [1.82, 2.24) is 4.57 Å². The van der Waals surface area contributed by atoms with Gasteiger partial charge in [0.2, 0.25) is 0 Å². The smallest absolute Gasteiger partial charge is 0.131 e. The largest absolute Gasteiger partial charge is 0.507 e. The molecule has 0 bridgehead atoms. The molecule has 0 aliphatic rings. The van der Waals surface area contributed by atoms with Crippen molar-refractivity contribution in [2.75, 3.05) is 4.90 Å². The Balaban J connectivity index is 1.04. The molecule has 0 fully saturated rings. The Morgan fingerprint density at radius 2 is 0.892 bits per heavy atom. The van der Waals surface area contributed by atoms with Crippen LogP contribution in [0.3, 0.4) is 0 Å². The normalized spacial score (nSPS) is 14.2. The van der Waals surface area contributed by atoms with E-state index < -0.39 is 101 Å². The van der Waals surface area contributed by atoms with Gasteiger partial charge in [0.1, 0.15) is 5.75 Å². The predicted octanol–water partition coefficient (Wildman–Crippen LogP) is 16.9. The number of aromatic hydroxyl groups is 1. The summed E-state index contributed by atoms with van der Waals surface area (Å²) in [6, 6.07) is 46.4. The Kier molecular flexibility index (Phi) is 6.54. The van der Waals surface area contributed by atoms with Gasteiger partial charge in [0.15, 0.2) is 0 Å². The first-order valence-electron chi connectivity index (χ1n) is 27.6. The first kappa shape index (κ1) is 26.7. The summed E-state index contributed by atoms with van der Waals surface area (Å²) < 4.78 is 119. The van der Waals surface area contributed by atoms with Gasteiger partial charge in [-0.15, -0.1) is 0 Å². The molecule has 1 heterocycles. The highest BCUT2D eigenvalue weighted by Crippen LogP contribution is 2.43. The number of aromatic nitrogens is 1. The van der Waals surface area contributed by atoms with Crippen LogP contribution in [0, 0.1) is 0 Å². The molecule has 1 N–H and O–H groups in total. The molecule has 0 spiro atoms. The Bertz CT molecular complexity index is 4410. The Morgan fingerprint density at radius 1 is 0.354 bits per heavy atom. The molecule has 0 radical (unpaired) electrons. The van der Waals surface area contributed by atoms with Crippen LogP contribution in [0.4, 0.5) is 17.1 Å². The summed E-state index contributed by atoms with van der Waals surface area (Å²) >= 11 is 0. The average molecular weight is 844 g/mol. The van der Waals surface area contributed by atoms with E-state index in [9.17, 15) is 10.6 Å². The quantitative estimate of drug-likeness (QED) is 0.165. The minimum Gasteiger partial charge on any atom is -0.507 e. The van der Waals surface area contributed by atoms with Gasteiger partial charge in [-0.25, -0.2) is 0 Å². The lowest BCUT2D eigenvalue weighted by molar-refractivity contribution is 0.479. The number of nitrogens with zero attached hydrogens (tertiary/aromatic N) is 2. The van der Waals surface area contributed by atoms with Crippen LogP contribution in [0.15, 0.2) is 248 Å². The molecule has 12 rings (SSSR count). The van der Waals surface area contributed by atoms with Crippen LogP contribution in [0.2, 0.25) is 0 Å². The van der Waals surface area contributed by atoms with Crippen LogP contribution in [-0.2, 0) is 0 Å². The van der Waals surface area contributed by atoms with Crippen molar-refractivity contribution in [3.8, 4) is 55.9 Å². The highest BCUT2D eigenvalue weighted by atomic mass is 16.3. The van der Waals surface area contributed by atoms with Gasteiger partial charge < -0.3 is 14.6 Å². The van der Waals surface area contributed by atoms with Gasteiger partial charge in [-0.3, -0.25) is 0 Å². The van der Waals surface area contributed by atoms with Crippen molar-refractivity contribution < 1.29 is 22.9 Å². The maximum absolute atomic E-state index is 12.2. The Hall–Kier alpha value is -8.66. The molecule has 306 valence electrons. The molecule has 0 saturated heterocycles. The molecule has 12 aromatic rings. The molecule has 0 aliphatic heterocycles. The van der Waals surface area contributed by atoms with E-state index in [2.05, 4.69) is 34.9 Å². The van der Waals surface area contributed by atoms with Crippen molar-refractivity contribution in [1.29, 1.82) is 0 Å². The maximum atomic E-state index is 12.2. The number of benzene rings is 11. The Morgan fingerprint density at radius 3 is 1.60 bits per heavy atom. The fraction of sp³-hybridized carbons (Fsp3) is 0. The second kappa shape index (κ2) is 15.9. The van der Waals surface area contributed by atoms with E-state index in [1.54, 1.807) is 4.90 Å². The van der Waals surface area contributed by atoms with Crippen molar-refractivity contribution in [2.24, 2.45) is 0 Å². The molecular formula is C62H42N2O. The summed E-state index contributed by atoms with van der Waals surface area (Å²) in [5, 5.41) is 16.1. The minimum atomic E-state index is -0.944. The molecule has 3 heteroatoms. The van der Waals surface area contributed by atoms with Crippen molar-refractivity contribution >= 4 is 60.4 Å². The molecule has 65 heavy (non-hydrogen) atoms. The van der Waals surface area contributed by atoms with Gasteiger partial charge in [0, 0.05) is 44.5 Å². The molecule has 0 saturated carbocycles. The lowest BCUT2D eigenvalue weighted by Crippen LogP contribution is -2.10. The van der Waals surface area contributed by atoms with Crippen molar-refractivity contribution in [3.05, 3.63) is 248 Å². The molecule has 1 aromatic heterocycles. The highest BCUT2D eigenvalue weighted by Gasteiger charge is 2.18. The van der Waals surface area contributed by atoms with E-state index in [1.807, 2.05) is 133 Å². The Labute approximate surface area is 396 Å². The number of rotatable bonds is 8. The van der Waals surface area contributed by atoms with Crippen molar-refractivity contribution in [2.45, 2.75) is 0 Å². The van der Waals surface area contributed by atoms with Crippen LogP contribution >= 0.6 is 0 Å². The van der Waals surface area contributed by atoms with Crippen molar-refractivity contribution in [3.63, 3.8) is 0 Å². The third kappa shape index (κ3) is 6.70. The highest BCUT2D eigenvalue weighted by molar-refractivity contribution is 6.10. The SMILES string of the molecule is [2H]c1c([2H])c(-c2cc3c([2H])c([2H])c([2H])c([2H])c3c([2H])c2[2H])c(O)c(-c2c([2H])c([2H])c(N(c3ccc(-c4ccccc4-n4c5ccccc5c5ccccc54)cc3)c3ccc(-c4cccc5ccccc45)cc3)c([2H])c2[2H])c1[2H]. The van der Waals surface area contributed by atoms with Crippen LogP contribution in [-0.4, -0.2) is 9.67 Å². The van der Waals surface area contributed by atoms with E-state index in [0.29, 0.717) is 11.4 Å². The van der Waals surface area contributed by atoms with E-state index >= 15 is 0 Å². The first-order chi connectivity index (χ1) is 37.6. The topological polar surface area (TPSA) is 28.4 Å². The summed E-state index contributed by atoms with van der Waals surface area (Å²) in [6.07, 6.45) is 0. The molecule has 0 atom stereocenters. The molecule has 11 aromatic carbocycles. The lowest BCUT2D eigenvalue weighted by Gasteiger charge is -2.26. The van der Waals surface area contributed by atoms with Gasteiger partial charge in [0.05, 0.1) is 34.5 Å². The zero-order valence-electron chi connectivity index (χ0n) is 47.5. The summed E-state index contributed by atoms with van der Waals surface area (Å²) in [5.41, 5.74) is 5.34. The number of anilines is 3. The summed E-state index contributed by atoms with van der Waals surface area (Å²) in [4.78, 5) is 1.62. The number of phenols is 1. The molecule has 3 nitrogen and oxygen atoms in total. The molecular weight excluding hydrogens is 789 g/mol. The van der Waals surface area contributed by atoms with Gasteiger partial charge >= 0.3 is 0 Å². The van der Waals surface area contributed by atoms with E-state index in [0.717, 1.165) is 66.6 Å². The number of hydrogen-bond acceptors (Lipinski definition) is 2. The van der Waals surface area contributed by atoms with Crippen LogP contribution in [0.1, 0.15) is 17.8 Å². The van der Waals surface area contributed by atoms with Gasteiger partial charge in [-0.05, 0) is 110 Å². The van der Waals surface area contributed by atoms with E-state index in [4.69, 9.17) is 12.3 Å². The fourth-order valence-electron chi connectivity index (χ4n) is 8.85. The number of phenolic OH excluding ortho intramolecular Hbond substituents is 1. The zero-order valence-corrected chi connectivity index (χ0v) is 34.5. The first-order valence-corrected chi connectivity index (χ1v) is 21.1. The third-order valence-electron chi connectivity index (χ3n) is 11.9. The van der Waals surface area contributed by atoms with Crippen LogP contribution < -0.4 is 4.90 Å². The summed E-state index contributed by atoms with van der Waals surface area (Å²) in [7, 11) is 0. The van der Waals surface area contributed by atoms with Crippen LogP contribution in [0.5, 0.6) is 5.75 Å². The monoisotopic (exact) mass is 843 g/mol. The summed E-state index contributed by atoms with van der Waals surface area (Å²) in [5.74, 6) is -0.944. The molecule has 0 amide bonds. The zero-order chi connectivity index (χ0) is 54.6. The maximum Gasteiger partial charge on any atom is 0.131 e. The third-order valence-corrected chi connectivity index (χ3v) is 11.9. The molecule has 0 aliphatic carbocycles. The second-order valence-corrected chi connectivity index (χ2v) is 15.6. The van der Waals surface area contributed by atoms with Crippen LogP contribution in [0.25, 0.3) is 93.5 Å². The number of para-hydroxylation sites is 4. The molecule has 0 unspecified atom stereocenters.